The largest absolute Gasteiger partial charge is 0.441 e. The number of allylic oxidation sites excluding steroid dienone is 2. The average molecular weight is 364 g/mol. The first-order valence-corrected chi connectivity index (χ1v) is 7.40. The van der Waals surface area contributed by atoms with Gasteiger partial charge in [-0.2, -0.15) is 0 Å². The molecule has 0 fully saturated rings. The number of ketones is 2. The zero-order chi connectivity index (χ0) is 20.1. The second-order valence-corrected chi connectivity index (χ2v) is 5.29. The van der Waals surface area contributed by atoms with E-state index in [9.17, 15) is 19.2 Å². The lowest BCUT2D eigenvalue weighted by Gasteiger charge is -2.18. The number of carbonyl (C=O) groups excluding carboxylic acids is 4. The predicted molar refractivity (Wildman–Crippen MR) is 93.3 cm³/mol. The number of ether oxygens (including phenoxy) is 1. The normalized spacial score (nSPS) is 12.4. The first-order valence-electron chi connectivity index (χ1n) is 7.40. The van der Waals surface area contributed by atoms with Crippen LogP contribution in [0.1, 0.15) is 27.6 Å². The van der Waals surface area contributed by atoms with Gasteiger partial charge in [0.2, 0.25) is 11.4 Å². The number of carbonyl (C=O) groups is 4. The van der Waals surface area contributed by atoms with E-state index >= 15 is 0 Å². The van der Waals surface area contributed by atoms with E-state index in [1.165, 1.54) is 25.1 Å². The van der Waals surface area contributed by atoms with Crippen LogP contribution in [0.2, 0.25) is 0 Å². The van der Waals surface area contributed by atoms with Crippen LogP contribution in [0.3, 0.4) is 0 Å². The summed E-state index contributed by atoms with van der Waals surface area (Å²) in [5, 5.41) is 4.61. The summed E-state index contributed by atoms with van der Waals surface area (Å²) in [4.78, 5) is 54.0. The highest BCUT2D eigenvalue weighted by Gasteiger charge is 2.35. The molecule has 0 heterocycles. The minimum absolute atomic E-state index is 0.0141. The predicted octanol–water partition coefficient (Wildman–Crippen LogP) is 2.31. The first kappa shape index (κ1) is 19.1. The van der Waals surface area contributed by atoms with Gasteiger partial charge in [0.05, 0.1) is 18.8 Å². The third-order valence-corrected chi connectivity index (χ3v) is 3.45. The highest BCUT2D eigenvalue weighted by Crippen LogP contribution is 2.32. The van der Waals surface area contributed by atoms with E-state index in [-0.39, 0.29) is 22.4 Å². The molecule has 9 nitrogen and oxygen atoms in total. The second kappa shape index (κ2) is 7.76. The summed E-state index contributed by atoms with van der Waals surface area (Å²) in [5.74, 6) is -2.27. The van der Waals surface area contributed by atoms with Crippen LogP contribution in [0, 0.1) is 13.1 Å². The van der Waals surface area contributed by atoms with Crippen LogP contribution >= 0.6 is 0 Å². The lowest BCUT2D eigenvalue weighted by molar-refractivity contribution is -0.139. The van der Waals surface area contributed by atoms with Crippen molar-refractivity contribution in [2.24, 2.45) is 0 Å². The molecule has 0 spiro atoms. The zero-order valence-electron chi connectivity index (χ0n) is 14.1. The number of hydrogen-bond donors (Lipinski definition) is 2. The van der Waals surface area contributed by atoms with Gasteiger partial charge in [-0.1, -0.05) is 18.7 Å². The van der Waals surface area contributed by atoms with E-state index in [4.69, 9.17) is 17.9 Å². The van der Waals surface area contributed by atoms with Gasteiger partial charge in [-0.3, -0.25) is 0 Å². The van der Waals surface area contributed by atoms with Crippen molar-refractivity contribution < 1.29 is 23.9 Å². The molecule has 1 aliphatic carbocycles. The van der Waals surface area contributed by atoms with Gasteiger partial charge in [0, 0.05) is 16.7 Å². The Labute approximate surface area is 153 Å². The lowest BCUT2D eigenvalue weighted by atomic mass is 9.89. The quantitative estimate of drug-likeness (QED) is 0.369. The molecule has 2 N–H and O–H groups in total. The first-order chi connectivity index (χ1) is 12.8. The van der Waals surface area contributed by atoms with Crippen molar-refractivity contribution in [2.45, 2.75) is 6.92 Å². The molecule has 134 valence electrons. The van der Waals surface area contributed by atoms with Gasteiger partial charge in [-0.15, -0.1) is 0 Å². The van der Waals surface area contributed by atoms with Crippen molar-refractivity contribution in [3.63, 3.8) is 0 Å². The summed E-state index contributed by atoms with van der Waals surface area (Å²) in [6, 6.07) is 3.32. The number of rotatable bonds is 4. The maximum atomic E-state index is 12.5. The van der Waals surface area contributed by atoms with Gasteiger partial charge in [0.25, 0.3) is 0 Å². The van der Waals surface area contributed by atoms with Crippen LogP contribution in [0.25, 0.3) is 9.69 Å². The van der Waals surface area contributed by atoms with E-state index in [1.54, 1.807) is 0 Å². The molecule has 2 amide bonds. The van der Waals surface area contributed by atoms with E-state index in [0.717, 1.165) is 0 Å². The van der Waals surface area contributed by atoms with E-state index in [0.29, 0.717) is 0 Å². The number of hydrogen-bond acceptors (Lipinski definition) is 5. The Kier molecular flexibility index (Phi) is 5.49. The Bertz CT molecular complexity index is 1010. The van der Waals surface area contributed by atoms with Crippen LogP contribution in [-0.4, -0.2) is 30.3 Å². The smallest absolute Gasteiger partial charge is 0.334 e. The van der Waals surface area contributed by atoms with Crippen molar-refractivity contribution in [1.29, 1.82) is 0 Å². The van der Waals surface area contributed by atoms with E-state index < -0.39 is 41.7 Å². The molecule has 0 radical (unpaired) electrons. The van der Waals surface area contributed by atoms with E-state index in [1.807, 2.05) is 0 Å². The molecule has 1 aliphatic rings. The molecule has 0 unspecified atom stereocenters. The highest BCUT2D eigenvalue weighted by molar-refractivity contribution is 6.30. The van der Waals surface area contributed by atoms with Crippen molar-refractivity contribution in [1.82, 2.24) is 5.32 Å². The molecule has 0 atom stereocenters. The van der Waals surface area contributed by atoms with Gasteiger partial charge >= 0.3 is 12.0 Å². The lowest BCUT2D eigenvalue weighted by Crippen LogP contribution is -2.33. The number of Topliss-reactive ketones (excluding diaryl/α,β-unsaturated/α-hetero) is 2. The summed E-state index contributed by atoms with van der Waals surface area (Å²) in [7, 11) is 0. The topological polar surface area (TPSA) is 110 Å². The fraction of sp³-hybridized carbons (Fsp3) is 0.111. The van der Waals surface area contributed by atoms with Gasteiger partial charge in [-0.25, -0.2) is 19.3 Å². The molecule has 27 heavy (non-hydrogen) atoms. The molecule has 0 bridgehead atoms. The van der Waals surface area contributed by atoms with Crippen LogP contribution in [0.5, 0.6) is 0 Å². The zero-order valence-corrected chi connectivity index (χ0v) is 14.1. The molecule has 0 aromatic heterocycles. The van der Waals surface area contributed by atoms with Crippen LogP contribution < -0.4 is 10.6 Å². The third-order valence-electron chi connectivity index (χ3n) is 3.45. The second-order valence-electron chi connectivity index (χ2n) is 5.29. The molecule has 0 aliphatic heterocycles. The van der Waals surface area contributed by atoms with Crippen molar-refractivity contribution >= 4 is 29.3 Å². The Hall–Kier alpha value is -4.24. The highest BCUT2D eigenvalue weighted by atomic mass is 16.5. The number of benzene rings is 1. The standard InChI is InChI=1S/C18H12N4O5/c1-9(2)17(25)27-8-21-18(26)22-11-7-5-6-10-12(11)16(24)14(20-4)13(19-3)15(10)23/h5-7H,1,8H2,2H3,(H2,21,22,26). The Morgan fingerprint density at radius 3 is 2.37 bits per heavy atom. The Morgan fingerprint density at radius 1 is 1.15 bits per heavy atom. The van der Waals surface area contributed by atoms with Gasteiger partial charge in [0.15, 0.2) is 18.3 Å². The molecule has 0 saturated carbocycles. The molecule has 9 heteroatoms. The number of fused-ring (bicyclic) bond motifs is 1. The SMILES string of the molecule is [C-]#[N+]C1=C([N+]#[C-])C(=O)c2c(NC(=O)NCOC(=O)C(=C)C)cccc2C1=O. The molecule has 0 saturated heterocycles. The van der Waals surface area contributed by atoms with E-state index in [2.05, 4.69) is 26.9 Å². The fourth-order valence-electron chi connectivity index (χ4n) is 2.22. The number of nitrogens with zero attached hydrogens (tertiary/aromatic N) is 2. The number of urea groups is 1. The summed E-state index contributed by atoms with van der Waals surface area (Å²) in [6.45, 7) is 18.5. The Balaban J connectivity index is 2.24. The maximum absolute atomic E-state index is 12.5. The minimum Gasteiger partial charge on any atom is -0.441 e. The maximum Gasteiger partial charge on any atom is 0.334 e. The fourth-order valence-corrected chi connectivity index (χ4v) is 2.22. The number of anilines is 1. The van der Waals surface area contributed by atoms with Crippen LogP contribution in [0.4, 0.5) is 10.5 Å². The summed E-state index contributed by atoms with van der Waals surface area (Å²) < 4.78 is 4.71. The van der Waals surface area contributed by atoms with Crippen molar-refractivity contribution in [3.8, 4) is 0 Å². The minimum atomic E-state index is -0.824. The third kappa shape index (κ3) is 3.72. The average Bonchev–Trinajstić information content (AvgIpc) is 2.63. The number of esters is 1. The van der Waals surface area contributed by atoms with Crippen molar-refractivity contribution in [3.05, 3.63) is 75.7 Å². The molecular formula is C18H12N4O5. The summed E-state index contributed by atoms with van der Waals surface area (Å²) in [5.41, 5.74) is -1.24. The summed E-state index contributed by atoms with van der Waals surface area (Å²) in [6.07, 6.45) is 0. The molecule has 2 rings (SSSR count). The summed E-state index contributed by atoms with van der Waals surface area (Å²) >= 11 is 0. The molecule has 1 aromatic carbocycles. The van der Waals surface area contributed by atoms with Crippen molar-refractivity contribution in [2.75, 3.05) is 12.0 Å². The van der Waals surface area contributed by atoms with Gasteiger partial charge in [0.1, 0.15) is 0 Å². The number of amides is 2. The van der Waals surface area contributed by atoms with Crippen LogP contribution in [0.15, 0.2) is 41.7 Å². The Morgan fingerprint density at radius 2 is 1.78 bits per heavy atom. The number of nitrogens with one attached hydrogen (secondary N) is 2. The van der Waals surface area contributed by atoms with Crippen LogP contribution in [-0.2, 0) is 9.53 Å². The van der Waals surface area contributed by atoms with Gasteiger partial charge in [-0.05, 0) is 13.0 Å². The molecular weight excluding hydrogens is 352 g/mol. The molecule has 1 aromatic rings. The monoisotopic (exact) mass is 364 g/mol. The van der Waals surface area contributed by atoms with Gasteiger partial charge < -0.3 is 25.0 Å².